The molecule has 2 aromatic rings. The Morgan fingerprint density at radius 1 is 1.36 bits per heavy atom. The van der Waals surface area contributed by atoms with Crippen LogP contribution in [0.5, 0.6) is 0 Å². The fourth-order valence-electron chi connectivity index (χ4n) is 3.62. The Bertz CT molecular complexity index is 858. The summed E-state index contributed by atoms with van der Waals surface area (Å²) in [4.78, 5) is 13.7. The van der Waals surface area contributed by atoms with Crippen molar-refractivity contribution in [3.63, 3.8) is 0 Å². The van der Waals surface area contributed by atoms with Crippen LogP contribution in [0, 0.1) is 5.92 Å². The molecule has 2 unspecified atom stereocenters. The minimum absolute atomic E-state index is 0.0714. The molecule has 4 nitrogen and oxygen atoms in total. The molecule has 0 spiro atoms. The van der Waals surface area contributed by atoms with E-state index in [1.54, 1.807) is 11.3 Å². The van der Waals surface area contributed by atoms with E-state index >= 15 is 0 Å². The molecule has 1 aliphatic rings. The lowest BCUT2D eigenvalue weighted by atomic mass is 9.88. The molecule has 6 heteroatoms. The second-order valence-electron chi connectivity index (χ2n) is 7.46. The van der Waals surface area contributed by atoms with Gasteiger partial charge in [0.25, 0.3) is 0 Å². The molecule has 1 aromatic carbocycles. The Morgan fingerprint density at radius 2 is 2.07 bits per heavy atom. The molecule has 1 aromatic heterocycles. The van der Waals surface area contributed by atoms with Gasteiger partial charge in [0.15, 0.2) is 5.11 Å². The molecule has 0 bridgehead atoms. The first kappa shape index (κ1) is 20.8. The molecule has 3 rings (SSSR count). The summed E-state index contributed by atoms with van der Waals surface area (Å²) in [6, 6.07) is 8.62. The van der Waals surface area contributed by atoms with Crippen molar-refractivity contribution in [2.75, 3.05) is 12.4 Å². The lowest BCUT2D eigenvalue weighted by molar-refractivity contribution is 0.0601. The largest absolute Gasteiger partial charge is 0.465 e. The van der Waals surface area contributed by atoms with Gasteiger partial charge < -0.3 is 15.4 Å². The van der Waals surface area contributed by atoms with Crippen molar-refractivity contribution in [1.29, 1.82) is 0 Å². The summed E-state index contributed by atoms with van der Waals surface area (Å²) in [6.07, 6.45) is 4.05. The maximum atomic E-state index is 12.4. The van der Waals surface area contributed by atoms with Crippen LogP contribution in [-0.4, -0.2) is 18.2 Å². The van der Waals surface area contributed by atoms with Gasteiger partial charge >= 0.3 is 5.97 Å². The minimum atomic E-state index is -0.291. The number of thiocarbonyl (C=S) groups is 1. The predicted molar refractivity (Wildman–Crippen MR) is 120 cm³/mol. The van der Waals surface area contributed by atoms with Crippen molar-refractivity contribution in [2.45, 2.75) is 52.5 Å². The number of hydrogen-bond donors (Lipinski definition) is 2. The zero-order valence-electron chi connectivity index (χ0n) is 16.9. The van der Waals surface area contributed by atoms with Gasteiger partial charge in [0.2, 0.25) is 0 Å². The SMILES string of the molecule is CCc1ccc(C(C)NC(=S)Nc2sc3c(c2C(=O)OC)CCC(C)C3)cc1. The number of hydrogen-bond acceptors (Lipinski definition) is 4. The van der Waals surface area contributed by atoms with Crippen molar-refractivity contribution < 1.29 is 9.53 Å². The molecule has 150 valence electrons. The van der Waals surface area contributed by atoms with Gasteiger partial charge in [-0.25, -0.2) is 4.79 Å². The normalized spacial score (nSPS) is 16.8. The molecule has 2 N–H and O–H groups in total. The molecule has 0 saturated carbocycles. The van der Waals surface area contributed by atoms with Crippen LogP contribution < -0.4 is 10.6 Å². The highest BCUT2D eigenvalue weighted by atomic mass is 32.1. The predicted octanol–water partition coefficient (Wildman–Crippen LogP) is 5.27. The second-order valence-corrected chi connectivity index (χ2v) is 8.98. The van der Waals surface area contributed by atoms with E-state index in [2.05, 4.69) is 55.7 Å². The Morgan fingerprint density at radius 3 is 2.71 bits per heavy atom. The Labute approximate surface area is 176 Å². The molecule has 2 atom stereocenters. The number of methoxy groups -OCH3 is 1. The monoisotopic (exact) mass is 416 g/mol. The minimum Gasteiger partial charge on any atom is -0.465 e. The van der Waals surface area contributed by atoms with Crippen molar-refractivity contribution in [2.24, 2.45) is 5.92 Å². The summed E-state index contributed by atoms with van der Waals surface area (Å²) in [5.74, 6) is 0.348. The summed E-state index contributed by atoms with van der Waals surface area (Å²) in [5.41, 5.74) is 4.27. The van der Waals surface area contributed by atoms with Crippen LogP contribution in [0.25, 0.3) is 0 Å². The van der Waals surface area contributed by atoms with Gasteiger partial charge in [-0.1, -0.05) is 38.1 Å². The Hall–Kier alpha value is -1.92. The van der Waals surface area contributed by atoms with E-state index in [-0.39, 0.29) is 12.0 Å². The van der Waals surface area contributed by atoms with Crippen molar-refractivity contribution in [3.8, 4) is 0 Å². The molecule has 28 heavy (non-hydrogen) atoms. The quantitative estimate of drug-likeness (QED) is 0.514. The van der Waals surface area contributed by atoms with Crippen molar-refractivity contribution >= 4 is 39.6 Å². The van der Waals surface area contributed by atoms with E-state index in [9.17, 15) is 4.79 Å². The topological polar surface area (TPSA) is 50.4 Å². The summed E-state index contributed by atoms with van der Waals surface area (Å²) >= 11 is 7.17. The third-order valence-electron chi connectivity index (χ3n) is 5.36. The lowest BCUT2D eigenvalue weighted by Gasteiger charge is -2.18. The molecular weight excluding hydrogens is 388 g/mol. The van der Waals surface area contributed by atoms with E-state index in [0.717, 1.165) is 36.2 Å². The van der Waals surface area contributed by atoms with Gasteiger partial charge in [-0.3, -0.25) is 0 Å². The third-order valence-corrected chi connectivity index (χ3v) is 6.75. The number of rotatable bonds is 5. The van der Waals surface area contributed by atoms with E-state index < -0.39 is 0 Å². The van der Waals surface area contributed by atoms with Gasteiger partial charge in [0, 0.05) is 4.88 Å². The number of carbonyl (C=O) groups is 1. The van der Waals surface area contributed by atoms with Gasteiger partial charge in [0.05, 0.1) is 18.7 Å². The van der Waals surface area contributed by atoms with E-state index in [1.807, 2.05) is 0 Å². The van der Waals surface area contributed by atoms with Gasteiger partial charge in [-0.2, -0.15) is 0 Å². The molecule has 0 radical (unpaired) electrons. The highest BCUT2D eigenvalue weighted by Crippen LogP contribution is 2.40. The molecule has 0 aliphatic heterocycles. The number of carbonyl (C=O) groups excluding carboxylic acids is 1. The second kappa shape index (κ2) is 9.05. The van der Waals surface area contributed by atoms with Crippen molar-refractivity contribution in [1.82, 2.24) is 5.32 Å². The van der Waals surface area contributed by atoms with E-state index in [0.29, 0.717) is 16.6 Å². The van der Waals surface area contributed by atoms with Gasteiger partial charge in [-0.05, 0) is 67.4 Å². The standard InChI is InChI=1S/C22H28N2O2S2/c1-5-15-7-9-16(10-8-15)14(3)23-22(27)24-20-19(21(25)26-4)17-11-6-13(2)12-18(17)28-20/h7-10,13-14H,5-6,11-12H2,1-4H3,(H2,23,24,27). The molecule has 0 amide bonds. The van der Waals surface area contributed by atoms with Crippen LogP contribution >= 0.6 is 23.6 Å². The molecule has 1 aliphatic carbocycles. The average molecular weight is 417 g/mol. The molecular formula is C22H28N2O2S2. The Balaban J connectivity index is 1.75. The van der Waals surface area contributed by atoms with Crippen molar-refractivity contribution in [3.05, 3.63) is 51.4 Å². The fourth-order valence-corrected chi connectivity index (χ4v) is 5.36. The fraction of sp³-hybridized carbons (Fsp3) is 0.455. The van der Waals surface area contributed by atoms with Crippen LogP contribution in [-0.2, 0) is 24.0 Å². The van der Waals surface area contributed by atoms with Crippen LogP contribution in [0.1, 0.15) is 65.2 Å². The smallest absolute Gasteiger partial charge is 0.341 e. The molecule has 0 saturated heterocycles. The highest BCUT2D eigenvalue weighted by Gasteiger charge is 2.28. The summed E-state index contributed by atoms with van der Waals surface area (Å²) in [7, 11) is 1.43. The van der Waals surface area contributed by atoms with Crippen LogP contribution in [0.2, 0.25) is 0 Å². The summed E-state index contributed by atoms with van der Waals surface area (Å²) in [6.45, 7) is 6.48. The Kier molecular flexibility index (Phi) is 6.73. The summed E-state index contributed by atoms with van der Waals surface area (Å²) < 4.78 is 5.05. The summed E-state index contributed by atoms with van der Waals surface area (Å²) in [5, 5.41) is 7.90. The van der Waals surface area contributed by atoms with E-state index in [1.165, 1.54) is 23.1 Å². The zero-order chi connectivity index (χ0) is 20.3. The molecule has 0 fully saturated rings. The first-order valence-electron chi connectivity index (χ1n) is 9.82. The number of nitrogens with one attached hydrogen (secondary N) is 2. The van der Waals surface area contributed by atoms with Gasteiger partial charge in [0.1, 0.15) is 5.00 Å². The number of esters is 1. The van der Waals surface area contributed by atoms with Crippen LogP contribution in [0.4, 0.5) is 5.00 Å². The van der Waals surface area contributed by atoms with Crippen LogP contribution in [0.3, 0.4) is 0 Å². The number of aryl methyl sites for hydroxylation is 1. The number of ether oxygens (including phenoxy) is 1. The maximum Gasteiger partial charge on any atom is 0.341 e. The molecule has 1 heterocycles. The highest BCUT2D eigenvalue weighted by molar-refractivity contribution is 7.80. The van der Waals surface area contributed by atoms with E-state index in [4.69, 9.17) is 17.0 Å². The van der Waals surface area contributed by atoms with Crippen LogP contribution in [0.15, 0.2) is 24.3 Å². The number of benzene rings is 1. The number of thiophene rings is 1. The zero-order valence-corrected chi connectivity index (χ0v) is 18.6. The van der Waals surface area contributed by atoms with Gasteiger partial charge in [-0.15, -0.1) is 11.3 Å². The first-order chi connectivity index (χ1) is 13.4. The number of fused-ring (bicyclic) bond motifs is 1. The lowest BCUT2D eigenvalue weighted by Crippen LogP contribution is -2.31. The third kappa shape index (κ3) is 4.55. The maximum absolute atomic E-state index is 12.4. The number of anilines is 1. The average Bonchev–Trinajstić information content (AvgIpc) is 3.03. The first-order valence-corrected chi connectivity index (χ1v) is 11.0.